The fraction of sp³-hybridized carbons (Fsp3) is 0.938. The van der Waals surface area contributed by atoms with E-state index in [0.717, 1.165) is 13.2 Å². The molecule has 0 saturated heterocycles. The highest BCUT2D eigenvalue weighted by molar-refractivity contribution is 5.72. The zero-order valence-electron chi connectivity index (χ0n) is 13.7. The van der Waals surface area contributed by atoms with E-state index in [1.54, 1.807) is 0 Å². The molecule has 0 unspecified atom stereocenters. The van der Waals surface area contributed by atoms with Crippen molar-refractivity contribution < 1.29 is 19.4 Å². The average Bonchev–Trinajstić information content (AvgIpc) is 2.43. The first-order valence-corrected chi connectivity index (χ1v) is 8.14. The summed E-state index contributed by atoms with van der Waals surface area (Å²) in [5.74, 6) is 0.390. The van der Waals surface area contributed by atoms with Crippen molar-refractivity contribution >= 4 is 5.97 Å². The van der Waals surface area contributed by atoms with Crippen LogP contribution in [-0.4, -0.2) is 49.6 Å². The van der Waals surface area contributed by atoms with Crippen LogP contribution in [0.2, 0.25) is 0 Å². The molecular formula is C16H31NO4. The van der Waals surface area contributed by atoms with Gasteiger partial charge in [-0.15, -0.1) is 0 Å². The summed E-state index contributed by atoms with van der Waals surface area (Å²) in [6, 6.07) is 0. The Hall–Kier alpha value is -0.650. The number of hydrogen-bond acceptors (Lipinski definition) is 5. The number of nitrogens with one attached hydrogen (secondary N) is 1. The maximum absolute atomic E-state index is 11.7. The van der Waals surface area contributed by atoms with E-state index in [4.69, 9.17) is 9.47 Å². The fourth-order valence-corrected chi connectivity index (χ4v) is 2.61. The standard InChI is InChI=1S/C16H31NO4/c1-4-21-15(18)14-5-7-16(19,8-6-14)12-17-9-10-20-11-13(2)3/h13-14,17,19H,4-12H2,1-3H3. The molecule has 0 atom stereocenters. The predicted molar refractivity (Wildman–Crippen MR) is 82.1 cm³/mol. The molecule has 1 aliphatic carbocycles. The first-order chi connectivity index (χ1) is 9.97. The van der Waals surface area contributed by atoms with Crippen molar-refractivity contribution in [2.45, 2.75) is 52.1 Å². The number of esters is 1. The summed E-state index contributed by atoms with van der Waals surface area (Å²) < 4.78 is 10.5. The van der Waals surface area contributed by atoms with Crippen LogP contribution in [0.3, 0.4) is 0 Å². The Kier molecular flexibility index (Phi) is 8.22. The first kappa shape index (κ1) is 18.4. The Bertz CT molecular complexity index is 299. The molecule has 1 aliphatic rings. The molecule has 0 aromatic heterocycles. The van der Waals surface area contributed by atoms with Gasteiger partial charge >= 0.3 is 5.97 Å². The molecule has 1 rings (SSSR count). The minimum absolute atomic E-state index is 0.0420. The molecule has 5 nitrogen and oxygen atoms in total. The van der Waals surface area contributed by atoms with Crippen molar-refractivity contribution in [3.63, 3.8) is 0 Å². The highest BCUT2D eigenvalue weighted by Gasteiger charge is 2.35. The van der Waals surface area contributed by atoms with Gasteiger partial charge in [0.25, 0.3) is 0 Å². The fourth-order valence-electron chi connectivity index (χ4n) is 2.61. The summed E-state index contributed by atoms with van der Waals surface area (Å²) in [7, 11) is 0. The molecule has 1 fully saturated rings. The Labute approximate surface area is 128 Å². The van der Waals surface area contributed by atoms with Gasteiger partial charge in [0.2, 0.25) is 0 Å². The topological polar surface area (TPSA) is 67.8 Å². The van der Waals surface area contributed by atoms with E-state index < -0.39 is 5.60 Å². The Morgan fingerprint density at radius 3 is 2.62 bits per heavy atom. The van der Waals surface area contributed by atoms with Crippen molar-refractivity contribution in [1.29, 1.82) is 0 Å². The normalized spacial score (nSPS) is 26.0. The lowest BCUT2D eigenvalue weighted by molar-refractivity contribution is -0.151. The summed E-state index contributed by atoms with van der Waals surface area (Å²) in [5, 5.41) is 13.7. The molecule has 0 aliphatic heterocycles. The SMILES string of the molecule is CCOC(=O)C1CCC(O)(CNCCOCC(C)C)CC1. The van der Waals surface area contributed by atoms with Gasteiger partial charge in [0.15, 0.2) is 0 Å². The third-order valence-corrected chi connectivity index (χ3v) is 3.86. The molecule has 2 N–H and O–H groups in total. The van der Waals surface area contributed by atoms with Crippen LogP contribution in [-0.2, 0) is 14.3 Å². The summed E-state index contributed by atoms with van der Waals surface area (Å²) in [6.07, 6.45) is 2.72. The highest BCUT2D eigenvalue weighted by Crippen LogP contribution is 2.32. The van der Waals surface area contributed by atoms with E-state index >= 15 is 0 Å². The maximum Gasteiger partial charge on any atom is 0.308 e. The minimum atomic E-state index is -0.693. The van der Waals surface area contributed by atoms with Gasteiger partial charge in [-0.25, -0.2) is 0 Å². The van der Waals surface area contributed by atoms with Crippen LogP contribution in [0.15, 0.2) is 0 Å². The van der Waals surface area contributed by atoms with Crippen LogP contribution in [0.4, 0.5) is 0 Å². The Morgan fingerprint density at radius 1 is 1.38 bits per heavy atom. The van der Waals surface area contributed by atoms with Crippen molar-refractivity contribution in [2.24, 2.45) is 11.8 Å². The minimum Gasteiger partial charge on any atom is -0.466 e. The molecule has 0 heterocycles. The molecule has 0 aromatic rings. The van der Waals surface area contributed by atoms with Crippen LogP contribution in [0.1, 0.15) is 46.5 Å². The van der Waals surface area contributed by atoms with Crippen LogP contribution < -0.4 is 5.32 Å². The lowest BCUT2D eigenvalue weighted by Gasteiger charge is -2.35. The lowest BCUT2D eigenvalue weighted by Crippen LogP contribution is -2.45. The second-order valence-corrected chi connectivity index (χ2v) is 6.40. The van der Waals surface area contributed by atoms with E-state index in [1.807, 2.05) is 6.92 Å². The molecular weight excluding hydrogens is 270 g/mol. The van der Waals surface area contributed by atoms with Gasteiger partial charge in [-0.1, -0.05) is 13.8 Å². The van der Waals surface area contributed by atoms with Gasteiger partial charge in [-0.3, -0.25) is 4.79 Å². The van der Waals surface area contributed by atoms with Crippen molar-refractivity contribution in [2.75, 3.05) is 32.9 Å². The third-order valence-electron chi connectivity index (χ3n) is 3.86. The number of ether oxygens (including phenoxy) is 2. The van der Waals surface area contributed by atoms with Gasteiger partial charge in [0.1, 0.15) is 0 Å². The molecule has 0 amide bonds. The largest absolute Gasteiger partial charge is 0.466 e. The van der Waals surface area contributed by atoms with Gasteiger partial charge in [0.05, 0.1) is 24.7 Å². The molecule has 0 bridgehead atoms. The second kappa shape index (κ2) is 9.38. The van der Waals surface area contributed by atoms with Crippen LogP contribution in [0.25, 0.3) is 0 Å². The number of carbonyl (C=O) groups is 1. The van der Waals surface area contributed by atoms with E-state index in [-0.39, 0.29) is 11.9 Å². The van der Waals surface area contributed by atoms with E-state index in [9.17, 15) is 9.90 Å². The summed E-state index contributed by atoms with van der Waals surface area (Å²) in [5.41, 5.74) is -0.693. The third kappa shape index (κ3) is 7.25. The molecule has 0 radical (unpaired) electrons. The van der Waals surface area contributed by atoms with Crippen LogP contribution in [0.5, 0.6) is 0 Å². The Balaban J connectivity index is 2.14. The van der Waals surface area contributed by atoms with Gasteiger partial charge in [-0.05, 0) is 38.5 Å². The molecule has 124 valence electrons. The van der Waals surface area contributed by atoms with E-state index in [0.29, 0.717) is 51.4 Å². The van der Waals surface area contributed by atoms with Gasteiger partial charge in [-0.2, -0.15) is 0 Å². The zero-order valence-corrected chi connectivity index (χ0v) is 13.7. The average molecular weight is 301 g/mol. The number of rotatable bonds is 9. The number of aliphatic hydroxyl groups is 1. The summed E-state index contributed by atoms with van der Waals surface area (Å²) in [4.78, 5) is 11.7. The number of carbonyl (C=O) groups excluding carboxylic acids is 1. The van der Waals surface area contributed by atoms with E-state index in [1.165, 1.54) is 0 Å². The van der Waals surface area contributed by atoms with Gasteiger partial charge in [0, 0.05) is 19.7 Å². The summed E-state index contributed by atoms with van der Waals surface area (Å²) in [6.45, 7) is 9.24. The second-order valence-electron chi connectivity index (χ2n) is 6.40. The monoisotopic (exact) mass is 301 g/mol. The molecule has 5 heteroatoms. The van der Waals surface area contributed by atoms with Crippen LogP contribution in [0, 0.1) is 11.8 Å². The van der Waals surface area contributed by atoms with Crippen LogP contribution >= 0.6 is 0 Å². The van der Waals surface area contributed by atoms with Crippen molar-refractivity contribution in [1.82, 2.24) is 5.32 Å². The maximum atomic E-state index is 11.7. The lowest BCUT2D eigenvalue weighted by atomic mass is 9.79. The quantitative estimate of drug-likeness (QED) is 0.501. The Morgan fingerprint density at radius 2 is 2.05 bits per heavy atom. The molecule has 0 spiro atoms. The molecule has 1 saturated carbocycles. The molecule has 0 aromatic carbocycles. The summed E-state index contributed by atoms with van der Waals surface area (Å²) >= 11 is 0. The van der Waals surface area contributed by atoms with Crippen molar-refractivity contribution in [3.05, 3.63) is 0 Å². The predicted octanol–water partition coefficient (Wildman–Crippen LogP) is 1.73. The van der Waals surface area contributed by atoms with E-state index in [2.05, 4.69) is 19.2 Å². The smallest absolute Gasteiger partial charge is 0.308 e. The first-order valence-electron chi connectivity index (χ1n) is 8.14. The zero-order chi connectivity index (χ0) is 15.7. The van der Waals surface area contributed by atoms with Gasteiger partial charge < -0.3 is 19.9 Å². The number of hydrogen-bond donors (Lipinski definition) is 2. The van der Waals surface area contributed by atoms with Crippen molar-refractivity contribution in [3.8, 4) is 0 Å². The molecule has 21 heavy (non-hydrogen) atoms. The highest BCUT2D eigenvalue weighted by atomic mass is 16.5.